The number of hydrogen-bond acceptors (Lipinski definition) is 7. The number of benzene rings is 2. The zero-order chi connectivity index (χ0) is 24.4. The minimum atomic E-state index is -3.78. The Labute approximate surface area is 198 Å². The highest BCUT2D eigenvalue weighted by Crippen LogP contribution is 2.32. The van der Waals surface area contributed by atoms with Crippen molar-refractivity contribution in [3.05, 3.63) is 84.9 Å². The molecule has 0 aliphatic heterocycles. The minimum absolute atomic E-state index is 0.0353. The number of hydrogen-bond donors (Lipinski definition) is 2. The van der Waals surface area contributed by atoms with Crippen LogP contribution in [0.1, 0.15) is 0 Å². The van der Waals surface area contributed by atoms with E-state index >= 15 is 0 Å². The van der Waals surface area contributed by atoms with Crippen molar-refractivity contribution in [2.24, 2.45) is 0 Å². The lowest BCUT2D eigenvalue weighted by molar-refractivity contribution is 0.582. The van der Waals surface area contributed by atoms with Crippen LogP contribution in [-0.2, 0) is 10.0 Å². The first-order valence-electron chi connectivity index (χ1n) is 10.4. The summed E-state index contributed by atoms with van der Waals surface area (Å²) >= 11 is 0. The standard InChI is InChI=1S/C23H18F2N6O3S/c24-16-4-6-18(7-5-16)35(32,33)28-11-10-27-22-26-9-8-19(29-22)21-20(15-2-1-3-17(25)14-15)30-23-31(21)12-13-34-23/h1-9,12-14,28H,10-11H2,(H,26,27,29). The number of nitrogens with one attached hydrogen (secondary N) is 2. The van der Waals surface area contributed by atoms with E-state index < -0.39 is 21.7 Å². The van der Waals surface area contributed by atoms with E-state index in [1.165, 1.54) is 30.5 Å². The molecule has 0 amide bonds. The molecule has 0 saturated heterocycles. The first kappa shape index (κ1) is 22.6. The molecule has 0 aliphatic carbocycles. The van der Waals surface area contributed by atoms with Crippen LogP contribution in [0.4, 0.5) is 14.7 Å². The molecule has 0 unspecified atom stereocenters. The number of sulfonamides is 1. The molecule has 3 aromatic heterocycles. The van der Waals surface area contributed by atoms with Crippen molar-refractivity contribution in [1.29, 1.82) is 0 Å². The maximum absolute atomic E-state index is 13.9. The van der Waals surface area contributed by atoms with Gasteiger partial charge in [0.15, 0.2) is 0 Å². The van der Waals surface area contributed by atoms with Gasteiger partial charge in [0, 0.05) is 31.0 Å². The van der Waals surface area contributed by atoms with E-state index in [2.05, 4.69) is 25.0 Å². The fourth-order valence-electron chi connectivity index (χ4n) is 3.50. The highest BCUT2D eigenvalue weighted by molar-refractivity contribution is 7.89. The molecule has 12 heteroatoms. The van der Waals surface area contributed by atoms with E-state index in [1.54, 1.807) is 35.0 Å². The van der Waals surface area contributed by atoms with Crippen molar-refractivity contribution in [3.63, 3.8) is 0 Å². The van der Waals surface area contributed by atoms with Crippen LogP contribution in [0.25, 0.3) is 28.5 Å². The van der Waals surface area contributed by atoms with Crippen molar-refractivity contribution < 1.29 is 21.6 Å². The average Bonchev–Trinajstić information content (AvgIpc) is 3.44. The lowest BCUT2D eigenvalue weighted by Crippen LogP contribution is -2.29. The molecule has 178 valence electrons. The summed E-state index contributed by atoms with van der Waals surface area (Å²) < 4.78 is 61.1. The number of oxazole rings is 1. The van der Waals surface area contributed by atoms with Crippen molar-refractivity contribution in [2.45, 2.75) is 4.90 Å². The van der Waals surface area contributed by atoms with Crippen molar-refractivity contribution in [3.8, 4) is 22.6 Å². The number of nitrogens with zero attached hydrogens (tertiary/aromatic N) is 4. The molecule has 0 spiro atoms. The molecule has 0 radical (unpaired) electrons. The van der Waals surface area contributed by atoms with E-state index in [1.807, 2.05) is 0 Å². The largest absolute Gasteiger partial charge is 0.432 e. The normalized spacial score (nSPS) is 11.7. The molecule has 0 bridgehead atoms. The quantitative estimate of drug-likeness (QED) is 0.315. The number of rotatable bonds is 8. The predicted octanol–water partition coefficient (Wildman–Crippen LogP) is 3.72. The van der Waals surface area contributed by atoms with Crippen LogP contribution in [0.3, 0.4) is 0 Å². The van der Waals surface area contributed by atoms with Crippen LogP contribution < -0.4 is 10.0 Å². The van der Waals surface area contributed by atoms with Gasteiger partial charge in [0.05, 0.1) is 10.6 Å². The van der Waals surface area contributed by atoms with Gasteiger partial charge in [-0.15, -0.1) is 0 Å². The third kappa shape index (κ3) is 4.74. The Hall–Kier alpha value is -4.16. The summed E-state index contributed by atoms with van der Waals surface area (Å²) in [6.07, 6.45) is 4.71. The van der Waals surface area contributed by atoms with E-state index in [9.17, 15) is 17.2 Å². The molecular formula is C23H18F2N6O3S. The van der Waals surface area contributed by atoms with E-state index in [0.717, 1.165) is 12.1 Å². The van der Waals surface area contributed by atoms with Gasteiger partial charge in [0.2, 0.25) is 16.0 Å². The molecule has 0 fully saturated rings. The van der Waals surface area contributed by atoms with Gasteiger partial charge in [0.1, 0.15) is 29.3 Å². The number of fused-ring (bicyclic) bond motifs is 1. The molecule has 0 atom stereocenters. The Bertz CT molecular complexity index is 1600. The van der Waals surface area contributed by atoms with Crippen molar-refractivity contribution in [1.82, 2.24) is 24.1 Å². The second-order valence-corrected chi connectivity index (χ2v) is 9.19. The third-order valence-electron chi connectivity index (χ3n) is 5.08. The maximum atomic E-state index is 13.9. The number of imidazole rings is 1. The van der Waals surface area contributed by atoms with Gasteiger partial charge in [-0.3, -0.25) is 4.40 Å². The Morgan fingerprint density at radius 1 is 0.971 bits per heavy atom. The molecule has 5 rings (SSSR count). The summed E-state index contributed by atoms with van der Waals surface area (Å²) in [5, 5.41) is 2.97. The average molecular weight is 496 g/mol. The van der Waals surface area contributed by atoms with Gasteiger partial charge >= 0.3 is 5.84 Å². The molecule has 0 aliphatic rings. The molecular weight excluding hydrogens is 478 g/mol. The highest BCUT2D eigenvalue weighted by Gasteiger charge is 2.20. The zero-order valence-electron chi connectivity index (χ0n) is 18.0. The van der Waals surface area contributed by atoms with Crippen molar-refractivity contribution >= 4 is 21.8 Å². The molecule has 5 aromatic rings. The minimum Gasteiger partial charge on any atom is -0.432 e. The van der Waals surface area contributed by atoms with Gasteiger partial charge in [-0.05, 0) is 42.5 Å². The van der Waals surface area contributed by atoms with E-state index in [0.29, 0.717) is 28.5 Å². The third-order valence-corrected chi connectivity index (χ3v) is 6.56. The van der Waals surface area contributed by atoms with Crippen molar-refractivity contribution in [2.75, 3.05) is 18.4 Å². The SMILES string of the molecule is O=S(=O)(NCCNc1nccc(-c2c(-c3cccc(F)c3)nc3occn23)n1)c1ccc(F)cc1. The lowest BCUT2D eigenvalue weighted by Gasteiger charge is -2.09. The molecule has 0 saturated carbocycles. The maximum Gasteiger partial charge on any atom is 0.306 e. The summed E-state index contributed by atoms with van der Waals surface area (Å²) in [4.78, 5) is 13.1. The van der Waals surface area contributed by atoms with Gasteiger partial charge < -0.3 is 9.73 Å². The Morgan fingerprint density at radius 3 is 2.60 bits per heavy atom. The first-order valence-corrected chi connectivity index (χ1v) is 11.9. The molecule has 2 aromatic carbocycles. The summed E-state index contributed by atoms with van der Waals surface area (Å²) in [6.45, 7) is 0.231. The van der Waals surface area contributed by atoms with Gasteiger partial charge in [-0.2, -0.15) is 4.98 Å². The van der Waals surface area contributed by atoms with Gasteiger partial charge in [0.25, 0.3) is 0 Å². The second kappa shape index (κ2) is 9.24. The summed E-state index contributed by atoms with van der Waals surface area (Å²) in [7, 11) is -3.78. The summed E-state index contributed by atoms with van der Waals surface area (Å²) in [5.74, 6) is -0.338. The Kier molecular flexibility index (Phi) is 5.97. The smallest absolute Gasteiger partial charge is 0.306 e. The van der Waals surface area contributed by atoms with Crippen LogP contribution in [-0.4, -0.2) is 40.9 Å². The number of anilines is 1. The van der Waals surface area contributed by atoms with Crippen LogP contribution in [0.5, 0.6) is 0 Å². The second-order valence-electron chi connectivity index (χ2n) is 7.42. The molecule has 3 heterocycles. The molecule has 2 N–H and O–H groups in total. The topological polar surface area (TPSA) is 114 Å². The zero-order valence-corrected chi connectivity index (χ0v) is 18.8. The van der Waals surface area contributed by atoms with E-state index in [-0.39, 0.29) is 23.9 Å². The van der Waals surface area contributed by atoms with Crippen LogP contribution >= 0.6 is 0 Å². The fourth-order valence-corrected chi connectivity index (χ4v) is 4.53. The predicted molar refractivity (Wildman–Crippen MR) is 124 cm³/mol. The lowest BCUT2D eigenvalue weighted by atomic mass is 10.1. The Morgan fingerprint density at radius 2 is 1.80 bits per heavy atom. The van der Waals surface area contributed by atoms with E-state index in [4.69, 9.17) is 4.42 Å². The number of aromatic nitrogens is 4. The fraction of sp³-hybridized carbons (Fsp3) is 0.0870. The van der Waals surface area contributed by atoms with Gasteiger partial charge in [-0.25, -0.2) is 31.9 Å². The monoisotopic (exact) mass is 496 g/mol. The molecule has 35 heavy (non-hydrogen) atoms. The number of halogens is 2. The first-order chi connectivity index (χ1) is 16.9. The highest BCUT2D eigenvalue weighted by atomic mass is 32.2. The summed E-state index contributed by atoms with van der Waals surface area (Å²) in [5.41, 5.74) is 2.13. The molecule has 9 nitrogen and oxygen atoms in total. The van der Waals surface area contributed by atoms with Crippen LogP contribution in [0.2, 0.25) is 0 Å². The Balaban J connectivity index is 1.34. The van der Waals surface area contributed by atoms with Crippen LogP contribution in [0, 0.1) is 11.6 Å². The van der Waals surface area contributed by atoms with Crippen LogP contribution in [0.15, 0.2) is 82.6 Å². The summed E-state index contributed by atoms with van der Waals surface area (Å²) in [6, 6.07) is 12.3. The van der Waals surface area contributed by atoms with Gasteiger partial charge in [-0.1, -0.05) is 12.1 Å².